The minimum absolute atomic E-state index is 0.0677. The molecule has 4 aromatic rings. The first-order valence-corrected chi connectivity index (χ1v) is 14.8. The summed E-state index contributed by atoms with van der Waals surface area (Å²) in [4.78, 5) is 42.6. The first-order valence-electron chi connectivity index (χ1n) is 14.0. The summed E-state index contributed by atoms with van der Waals surface area (Å²) >= 11 is 1.20. The summed E-state index contributed by atoms with van der Waals surface area (Å²) in [7, 11) is 1.49. The number of halogens is 1. The van der Waals surface area contributed by atoms with Crippen LogP contribution in [0.15, 0.2) is 40.2 Å². The molecule has 0 saturated heterocycles. The van der Waals surface area contributed by atoms with Gasteiger partial charge in [-0.05, 0) is 71.2 Å². The van der Waals surface area contributed by atoms with E-state index in [1.54, 1.807) is 20.8 Å². The maximum absolute atomic E-state index is 14.0. The van der Waals surface area contributed by atoms with E-state index >= 15 is 0 Å². The van der Waals surface area contributed by atoms with Crippen molar-refractivity contribution in [1.29, 1.82) is 0 Å². The van der Waals surface area contributed by atoms with Crippen molar-refractivity contribution in [3.63, 3.8) is 0 Å². The van der Waals surface area contributed by atoms with Crippen molar-refractivity contribution in [2.45, 2.75) is 71.7 Å². The highest BCUT2D eigenvalue weighted by molar-refractivity contribution is 7.21. The number of fused-ring (bicyclic) bond motifs is 1. The predicted octanol–water partition coefficient (Wildman–Crippen LogP) is 1.49. The van der Waals surface area contributed by atoms with Crippen LogP contribution < -0.4 is 21.3 Å². The van der Waals surface area contributed by atoms with E-state index in [-0.39, 0.29) is 38.6 Å². The number of carbonyl (C=O) groups is 1. The fourth-order valence-electron chi connectivity index (χ4n) is 4.49. The predicted molar refractivity (Wildman–Crippen MR) is 164 cm³/mol. The topological polar surface area (TPSA) is 174 Å². The third-order valence-corrected chi connectivity index (χ3v) is 8.12. The Morgan fingerprint density at radius 1 is 1.18 bits per heavy atom. The number of amides is 1. The van der Waals surface area contributed by atoms with Crippen molar-refractivity contribution in [3.05, 3.63) is 68.4 Å². The number of carbonyl (C=O) groups excluding carboxylic acids is 1. The number of thiophene rings is 1. The quantitative estimate of drug-likeness (QED) is 0.191. The van der Waals surface area contributed by atoms with Crippen LogP contribution in [0.5, 0.6) is 5.75 Å². The zero-order valence-electron chi connectivity index (χ0n) is 25.6. The second-order valence-corrected chi connectivity index (χ2v) is 11.8. The maximum Gasteiger partial charge on any atom is 0.333 e. The standard InChI is InChI=1S/C25H29FN6O4S.C4H10O3/c1-14(2)29-23(34)25(4,5)31-20(33)19-15(3)21(32-27-10-11-28-32)37-22(19)30(24(31)35)12-9-16-13-17(26)7-8-18(16)36-6;5-2-1-4(7)3-6/h7-8,10-11,13-14H,9,12H2,1-6H3,(H,29,34);4-7H,1-3H2. The van der Waals surface area contributed by atoms with Crippen molar-refractivity contribution in [2.75, 3.05) is 20.3 Å². The van der Waals surface area contributed by atoms with Gasteiger partial charge in [-0.3, -0.25) is 14.2 Å². The van der Waals surface area contributed by atoms with Crippen LogP contribution >= 0.6 is 11.3 Å². The van der Waals surface area contributed by atoms with Crippen molar-refractivity contribution in [2.24, 2.45) is 0 Å². The first kappa shape index (κ1) is 34.6. The van der Waals surface area contributed by atoms with Crippen LogP contribution in [0.1, 0.15) is 45.2 Å². The molecule has 1 aromatic carbocycles. The minimum atomic E-state index is -1.48. The normalized spacial score (nSPS) is 12.2. The fraction of sp³-hybridized carbons (Fsp3) is 0.483. The zero-order valence-corrected chi connectivity index (χ0v) is 26.4. The van der Waals surface area contributed by atoms with Crippen LogP contribution in [0, 0.1) is 12.7 Å². The van der Waals surface area contributed by atoms with Crippen LogP contribution in [0.25, 0.3) is 15.2 Å². The highest BCUT2D eigenvalue weighted by Gasteiger charge is 2.35. The van der Waals surface area contributed by atoms with Gasteiger partial charge in [-0.2, -0.15) is 10.2 Å². The summed E-state index contributed by atoms with van der Waals surface area (Å²) in [6, 6.07) is 4.00. The van der Waals surface area contributed by atoms with Crippen molar-refractivity contribution in [3.8, 4) is 10.8 Å². The Labute approximate surface area is 257 Å². The smallest absolute Gasteiger partial charge is 0.333 e. The summed E-state index contributed by atoms with van der Waals surface area (Å²) in [5, 5.41) is 36.7. The van der Waals surface area contributed by atoms with Gasteiger partial charge in [0.15, 0.2) is 0 Å². The molecule has 44 heavy (non-hydrogen) atoms. The number of hydrogen-bond acceptors (Lipinski definition) is 10. The molecule has 1 atom stereocenters. The summed E-state index contributed by atoms with van der Waals surface area (Å²) in [6.07, 6.45) is 2.80. The number of aromatic nitrogens is 5. The number of nitrogens with zero attached hydrogens (tertiary/aromatic N) is 5. The second kappa shape index (κ2) is 14.7. The number of rotatable bonds is 11. The number of nitrogens with one attached hydrogen (secondary N) is 1. The van der Waals surface area contributed by atoms with Gasteiger partial charge in [-0.25, -0.2) is 13.8 Å². The molecule has 0 aliphatic heterocycles. The number of benzene rings is 1. The van der Waals surface area contributed by atoms with E-state index in [4.69, 9.17) is 20.1 Å². The molecular weight excluding hydrogens is 595 g/mol. The molecular formula is C29H39FN6O7S. The van der Waals surface area contributed by atoms with E-state index < -0.39 is 34.6 Å². The van der Waals surface area contributed by atoms with Gasteiger partial charge in [-0.15, -0.1) is 4.80 Å². The SMILES string of the molecule is COc1ccc(F)cc1CCn1c(=O)n(C(C)(C)C(=O)NC(C)C)c(=O)c2c(C)c(-n3nccn3)sc21.OCCC(O)CO. The third kappa shape index (κ3) is 7.41. The molecule has 0 bridgehead atoms. The second-order valence-electron chi connectivity index (χ2n) is 10.8. The van der Waals surface area contributed by atoms with Crippen LogP contribution in [-0.4, -0.2) is 77.8 Å². The highest BCUT2D eigenvalue weighted by Crippen LogP contribution is 2.31. The number of aliphatic hydroxyl groups excluding tert-OH is 3. The van der Waals surface area contributed by atoms with Gasteiger partial charge in [0.05, 0.1) is 37.6 Å². The number of hydrogen-bond donors (Lipinski definition) is 4. The third-order valence-electron chi connectivity index (χ3n) is 6.84. The number of aliphatic hydroxyl groups is 3. The lowest BCUT2D eigenvalue weighted by Gasteiger charge is -2.27. The molecule has 0 aliphatic rings. The van der Waals surface area contributed by atoms with E-state index in [1.165, 1.54) is 72.3 Å². The molecule has 3 heterocycles. The molecule has 4 N–H and O–H groups in total. The lowest BCUT2D eigenvalue weighted by molar-refractivity contribution is -0.129. The van der Waals surface area contributed by atoms with Gasteiger partial charge in [0.2, 0.25) is 5.91 Å². The molecule has 3 aromatic heterocycles. The van der Waals surface area contributed by atoms with Gasteiger partial charge < -0.3 is 25.4 Å². The van der Waals surface area contributed by atoms with Gasteiger partial charge in [0, 0.05) is 24.8 Å². The molecule has 13 nitrogen and oxygen atoms in total. The van der Waals surface area contributed by atoms with Gasteiger partial charge in [-0.1, -0.05) is 11.3 Å². The van der Waals surface area contributed by atoms with Gasteiger partial charge in [0.25, 0.3) is 5.56 Å². The van der Waals surface area contributed by atoms with Crippen LogP contribution in [-0.2, 0) is 23.3 Å². The number of methoxy groups -OCH3 is 1. The molecule has 1 unspecified atom stereocenters. The Balaban J connectivity index is 0.000000676. The molecule has 0 radical (unpaired) electrons. The molecule has 0 spiro atoms. The molecule has 0 fully saturated rings. The lowest BCUT2D eigenvalue weighted by atomic mass is 10.0. The molecule has 0 saturated carbocycles. The van der Waals surface area contributed by atoms with E-state index in [0.717, 1.165) is 4.57 Å². The van der Waals surface area contributed by atoms with Crippen LogP contribution in [0.2, 0.25) is 0 Å². The Morgan fingerprint density at radius 2 is 1.84 bits per heavy atom. The maximum atomic E-state index is 14.0. The molecule has 4 rings (SSSR count). The molecule has 1 amide bonds. The number of ether oxygens (including phenoxy) is 1. The summed E-state index contributed by atoms with van der Waals surface area (Å²) in [5.41, 5.74) is -1.54. The van der Waals surface area contributed by atoms with E-state index in [1.807, 2.05) is 0 Å². The Kier molecular flexibility index (Phi) is 11.6. The first-order chi connectivity index (χ1) is 20.8. The van der Waals surface area contributed by atoms with E-state index in [2.05, 4.69) is 15.5 Å². The Bertz CT molecular complexity index is 1690. The van der Waals surface area contributed by atoms with Crippen molar-refractivity contribution < 1.29 is 29.2 Å². The summed E-state index contributed by atoms with van der Waals surface area (Å²) < 4.78 is 21.8. The van der Waals surface area contributed by atoms with Crippen molar-refractivity contribution in [1.82, 2.24) is 29.4 Å². The molecule has 0 aliphatic carbocycles. The van der Waals surface area contributed by atoms with E-state index in [0.29, 0.717) is 32.1 Å². The van der Waals surface area contributed by atoms with Crippen LogP contribution in [0.3, 0.4) is 0 Å². The Hall–Kier alpha value is -3.92. The molecule has 15 heteroatoms. The highest BCUT2D eigenvalue weighted by atomic mass is 32.1. The van der Waals surface area contributed by atoms with E-state index in [9.17, 15) is 18.8 Å². The monoisotopic (exact) mass is 634 g/mol. The average Bonchev–Trinajstić information content (AvgIpc) is 3.61. The Morgan fingerprint density at radius 3 is 2.39 bits per heavy atom. The lowest BCUT2D eigenvalue weighted by Crippen LogP contribution is -2.56. The summed E-state index contributed by atoms with van der Waals surface area (Å²) in [5.74, 6) is -0.399. The van der Waals surface area contributed by atoms with Crippen LogP contribution in [0.4, 0.5) is 4.39 Å². The fourth-order valence-corrected chi connectivity index (χ4v) is 5.73. The van der Waals surface area contributed by atoms with Gasteiger partial charge >= 0.3 is 5.69 Å². The number of aryl methyl sites for hydroxylation is 3. The molecule has 240 valence electrons. The average molecular weight is 635 g/mol. The minimum Gasteiger partial charge on any atom is -0.496 e. The zero-order chi connectivity index (χ0) is 32.8. The van der Waals surface area contributed by atoms with Gasteiger partial charge in [0.1, 0.15) is 26.9 Å². The largest absolute Gasteiger partial charge is 0.496 e. The summed E-state index contributed by atoms with van der Waals surface area (Å²) in [6.45, 7) is 8.22. The van der Waals surface area contributed by atoms with Crippen molar-refractivity contribution >= 4 is 27.5 Å².